The van der Waals surface area contributed by atoms with E-state index in [2.05, 4.69) is 11.8 Å². The fraction of sp³-hybridized carbons (Fsp3) is 0.0909. The Labute approximate surface area is 147 Å². The van der Waals surface area contributed by atoms with Gasteiger partial charge in [-0.05, 0) is 35.9 Å². The SMILES string of the molecule is Oc1ccc(OCc2ccccc2)cc1C(O)C#Cc1ccccc1. The average molecular weight is 330 g/mol. The Morgan fingerprint density at radius 3 is 2.28 bits per heavy atom. The number of aliphatic hydroxyl groups is 1. The van der Waals surface area contributed by atoms with E-state index in [4.69, 9.17) is 4.74 Å². The Morgan fingerprint density at radius 2 is 1.56 bits per heavy atom. The maximum Gasteiger partial charge on any atom is 0.144 e. The number of aliphatic hydroxyl groups excluding tert-OH is 1. The Bertz CT molecular complexity index is 877. The molecule has 0 heterocycles. The molecule has 25 heavy (non-hydrogen) atoms. The van der Waals surface area contributed by atoms with Crippen molar-refractivity contribution < 1.29 is 14.9 Å². The normalized spacial score (nSPS) is 11.2. The van der Waals surface area contributed by atoms with E-state index in [1.165, 1.54) is 6.07 Å². The summed E-state index contributed by atoms with van der Waals surface area (Å²) in [6, 6.07) is 24.0. The Morgan fingerprint density at radius 1 is 0.880 bits per heavy atom. The van der Waals surface area contributed by atoms with Gasteiger partial charge in [0.25, 0.3) is 0 Å². The Hall–Kier alpha value is -3.22. The molecule has 0 saturated heterocycles. The molecular formula is C22H18O3. The van der Waals surface area contributed by atoms with Crippen LogP contribution < -0.4 is 4.74 Å². The second kappa shape index (κ2) is 8.05. The number of phenolic OH excluding ortho intramolecular Hbond substituents is 1. The number of hydrogen-bond acceptors (Lipinski definition) is 3. The third-order valence-electron chi connectivity index (χ3n) is 3.67. The van der Waals surface area contributed by atoms with Crippen LogP contribution in [0, 0.1) is 11.8 Å². The van der Waals surface area contributed by atoms with Crippen molar-refractivity contribution in [3.63, 3.8) is 0 Å². The van der Waals surface area contributed by atoms with Gasteiger partial charge in [-0.25, -0.2) is 0 Å². The molecule has 124 valence electrons. The lowest BCUT2D eigenvalue weighted by molar-refractivity contribution is 0.231. The molecule has 3 rings (SSSR count). The zero-order valence-corrected chi connectivity index (χ0v) is 13.6. The van der Waals surface area contributed by atoms with Gasteiger partial charge < -0.3 is 14.9 Å². The summed E-state index contributed by atoms with van der Waals surface area (Å²) in [6.07, 6.45) is -1.10. The van der Waals surface area contributed by atoms with Crippen LogP contribution in [-0.2, 0) is 6.61 Å². The van der Waals surface area contributed by atoms with E-state index >= 15 is 0 Å². The summed E-state index contributed by atoms with van der Waals surface area (Å²) in [5.41, 5.74) is 2.17. The maximum atomic E-state index is 10.3. The zero-order valence-electron chi connectivity index (χ0n) is 13.6. The van der Waals surface area contributed by atoms with Crippen molar-refractivity contribution in [2.45, 2.75) is 12.7 Å². The minimum Gasteiger partial charge on any atom is -0.508 e. The number of rotatable bonds is 4. The van der Waals surface area contributed by atoms with Crippen molar-refractivity contribution in [2.24, 2.45) is 0 Å². The van der Waals surface area contributed by atoms with E-state index in [-0.39, 0.29) is 5.75 Å². The van der Waals surface area contributed by atoms with Crippen LogP contribution in [0.15, 0.2) is 78.9 Å². The highest BCUT2D eigenvalue weighted by molar-refractivity contribution is 5.45. The molecule has 0 bridgehead atoms. The van der Waals surface area contributed by atoms with Crippen LogP contribution in [0.1, 0.15) is 22.8 Å². The second-order valence-electron chi connectivity index (χ2n) is 5.53. The van der Waals surface area contributed by atoms with Crippen LogP contribution in [0.3, 0.4) is 0 Å². The molecule has 3 nitrogen and oxygen atoms in total. The lowest BCUT2D eigenvalue weighted by Crippen LogP contribution is -1.98. The molecule has 0 aliphatic rings. The van der Waals surface area contributed by atoms with Crippen LogP contribution in [0.5, 0.6) is 11.5 Å². The molecule has 1 unspecified atom stereocenters. The van der Waals surface area contributed by atoms with E-state index < -0.39 is 6.10 Å². The van der Waals surface area contributed by atoms with E-state index in [1.54, 1.807) is 12.1 Å². The Kier molecular flexibility index (Phi) is 5.36. The first-order chi connectivity index (χ1) is 12.2. The summed E-state index contributed by atoms with van der Waals surface area (Å²) in [6.45, 7) is 0.414. The second-order valence-corrected chi connectivity index (χ2v) is 5.53. The lowest BCUT2D eigenvalue weighted by atomic mass is 10.1. The van der Waals surface area contributed by atoms with Gasteiger partial charge in [0, 0.05) is 11.1 Å². The van der Waals surface area contributed by atoms with Gasteiger partial charge >= 0.3 is 0 Å². The van der Waals surface area contributed by atoms with Crippen LogP contribution >= 0.6 is 0 Å². The molecule has 3 aromatic carbocycles. The molecular weight excluding hydrogens is 312 g/mol. The quantitative estimate of drug-likeness (QED) is 0.709. The van der Waals surface area contributed by atoms with Gasteiger partial charge in [0.05, 0.1) is 0 Å². The summed E-state index contributed by atoms with van der Waals surface area (Å²) < 4.78 is 5.73. The highest BCUT2D eigenvalue weighted by Crippen LogP contribution is 2.28. The predicted octanol–water partition coefficient (Wildman–Crippen LogP) is 4.06. The van der Waals surface area contributed by atoms with Crippen LogP contribution in [0.25, 0.3) is 0 Å². The van der Waals surface area contributed by atoms with Gasteiger partial charge in [0.15, 0.2) is 0 Å². The zero-order chi connectivity index (χ0) is 17.5. The van der Waals surface area contributed by atoms with E-state index in [0.29, 0.717) is 17.9 Å². The number of hydrogen-bond donors (Lipinski definition) is 2. The molecule has 0 fully saturated rings. The van der Waals surface area contributed by atoms with Crippen LogP contribution in [-0.4, -0.2) is 10.2 Å². The van der Waals surface area contributed by atoms with Crippen molar-refractivity contribution >= 4 is 0 Å². The highest BCUT2D eigenvalue weighted by atomic mass is 16.5. The van der Waals surface area contributed by atoms with Crippen LogP contribution in [0.4, 0.5) is 0 Å². The number of phenols is 1. The number of benzene rings is 3. The van der Waals surface area contributed by atoms with Crippen LogP contribution in [0.2, 0.25) is 0 Å². The monoisotopic (exact) mass is 330 g/mol. The van der Waals surface area contributed by atoms with E-state index in [0.717, 1.165) is 11.1 Å². The van der Waals surface area contributed by atoms with Gasteiger partial charge in [-0.3, -0.25) is 0 Å². The third kappa shape index (κ3) is 4.63. The molecule has 0 amide bonds. The van der Waals surface area contributed by atoms with Crippen molar-refractivity contribution in [3.05, 3.63) is 95.6 Å². The summed E-state index contributed by atoms with van der Waals surface area (Å²) in [7, 11) is 0. The number of ether oxygens (including phenoxy) is 1. The molecule has 2 N–H and O–H groups in total. The van der Waals surface area contributed by atoms with Crippen molar-refractivity contribution in [3.8, 4) is 23.3 Å². The minimum absolute atomic E-state index is 0.0121. The standard InChI is InChI=1S/C22H18O3/c23-21(13-11-17-7-3-1-4-8-17)20-15-19(12-14-22(20)24)25-16-18-9-5-2-6-10-18/h1-10,12,14-15,21,23-24H,16H2. The van der Waals surface area contributed by atoms with Gasteiger partial charge in [-0.2, -0.15) is 0 Å². The third-order valence-corrected chi connectivity index (χ3v) is 3.67. The highest BCUT2D eigenvalue weighted by Gasteiger charge is 2.11. The fourth-order valence-electron chi connectivity index (χ4n) is 2.33. The fourth-order valence-corrected chi connectivity index (χ4v) is 2.33. The molecule has 0 aromatic heterocycles. The van der Waals surface area contributed by atoms with Gasteiger partial charge in [-0.1, -0.05) is 60.4 Å². The molecule has 1 atom stereocenters. The first kappa shape index (κ1) is 16.6. The largest absolute Gasteiger partial charge is 0.508 e. The van der Waals surface area contributed by atoms with Gasteiger partial charge in [0.2, 0.25) is 0 Å². The first-order valence-corrected chi connectivity index (χ1v) is 7.96. The smallest absolute Gasteiger partial charge is 0.144 e. The summed E-state index contributed by atoms with van der Waals surface area (Å²) in [5.74, 6) is 6.20. The van der Waals surface area contributed by atoms with E-state index in [9.17, 15) is 10.2 Å². The summed E-state index contributed by atoms with van der Waals surface area (Å²) >= 11 is 0. The lowest BCUT2D eigenvalue weighted by Gasteiger charge is -2.11. The first-order valence-electron chi connectivity index (χ1n) is 7.96. The molecule has 0 aliphatic heterocycles. The van der Waals surface area contributed by atoms with E-state index in [1.807, 2.05) is 60.7 Å². The Balaban J connectivity index is 1.74. The molecule has 0 saturated carbocycles. The average Bonchev–Trinajstić information content (AvgIpc) is 2.67. The van der Waals surface area contributed by atoms with Gasteiger partial charge in [-0.15, -0.1) is 0 Å². The number of aromatic hydroxyl groups is 1. The molecule has 3 heteroatoms. The van der Waals surface area contributed by atoms with Crippen molar-refractivity contribution in [1.29, 1.82) is 0 Å². The van der Waals surface area contributed by atoms with Gasteiger partial charge in [0.1, 0.15) is 24.2 Å². The maximum absolute atomic E-state index is 10.3. The predicted molar refractivity (Wildman–Crippen MR) is 97.2 cm³/mol. The minimum atomic E-state index is -1.10. The summed E-state index contributed by atoms with van der Waals surface area (Å²) in [4.78, 5) is 0. The molecule has 3 aromatic rings. The molecule has 0 spiro atoms. The molecule has 0 aliphatic carbocycles. The molecule has 0 radical (unpaired) electrons. The summed E-state index contributed by atoms with van der Waals surface area (Å²) in [5, 5.41) is 20.3. The van der Waals surface area contributed by atoms with Crippen molar-refractivity contribution in [2.75, 3.05) is 0 Å². The topological polar surface area (TPSA) is 49.7 Å². The van der Waals surface area contributed by atoms with Crippen molar-refractivity contribution in [1.82, 2.24) is 0 Å².